The number of rotatable bonds is 6. The SMILES string of the molecule is Cc1oc(-c2ccccc2)nc1C(=O)OCC(=O)c1ccc(-c2ccccc2)cc1. The third-order valence-corrected chi connectivity index (χ3v) is 4.66. The van der Waals surface area contributed by atoms with Gasteiger partial charge in [0.1, 0.15) is 5.76 Å². The molecule has 0 bridgehead atoms. The molecular weight excluding hydrogens is 378 g/mol. The third kappa shape index (κ3) is 4.20. The Balaban J connectivity index is 1.40. The van der Waals surface area contributed by atoms with Gasteiger partial charge in [-0.05, 0) is 30.2 Å². The Hall–Kier alpha value is -3.99. The molecule has 0 aliphatic heterocycles. The van der Waals surface area contributed by atoms with Crippen LogP contribution in [-0.4, -0.2) is 23.3 Å². The lowest BCUT2D eigenvalue weighted by molar-refractivity contribution is 0.0468. The minimum Gasteiger partial charge on any atom is -0.452 e. The molecular formula is C25H19NO4. The van der Waals surface area contributed by atoms with Gasteiger partial charge in [0.25, 0.3) is 0 Å². The molecule has 0 aliphatic rings. The van der Waals surface area contributed by atoms with Crippen molar-refractivity contribution in [2.24, 2.45) is 0 Å². The lowest BCUT2D eigenvalue weighted by Gasteiger charge is -2.05. The summed E-state index contributed by atoms with van der Waals surface area (Å²) in [6.07, 6.45) is 0. The van der Waals surface area contributed by atoms with Gasteiger partial charge in [-0.1, -0.05) is 72.8 Å². The highest BCUT2D eigenvalue weighted by molar-refractivity contribution is 5.99. The second-order valence-corrected chi connectivity index (χ2v) is 6.73. The Morgan fingerprint density at radius 3 is 2.00 bits per heavy atom. The molecule has 0 saturated heterocycles. The molecule has 0 saturated carbocycles. The van der Waals surface area contributed by atoms with Crippen LogP contribution in [0.4, 0.5) is 0 Å². The number of oxazole rings is 1. The summed E-state index contributed by atoms with van der Waals surface area (Å²) in [6, 6.07) is 26.4. The molecule has 4 rings (SSSR count). The minimum absolute atomic E-state index is 0.0704. The van der Waals surface area contributed by atoms with E-state index in [2.05, 4.69) is 4.98 Å². The number of carbonyl (C=O) groups excluding carboxylic acids is 2. The quantitative estimate of drug-likeness (QED) is 0.324. The summed E-state index contributed by atoms with van der Waals surface area (Å²) >= 11 is 0. The van der Waals surface area contributed by atoms with E-state index >= 15 is 0 Å². The second-order valence-electron chi connectivity index (χ2n) is 6.73. The van der Waals surface area contributed by atoms with Crippen molar-refractivity contribution in [3.05, 3.63) is 102 Å². The fourth-order valence-electron chi connectivity index (χ4n) is 3.05. The second kappa shape index (κ2) is 8.57. The van der Waals surface area contributed by atoms with Crippen molar-refractivity contribution in [2.75, 3.05) is 6.61 Å². The van der Waals surface area contributed by atoms with Gasteiger partial charge in [0, 0.05) is 11.1 Å². The van der Waals surface area contributed by atoms with E-state index in [9.17, 15) is 9.59 Å². The van der Waals surface area contributed by atoms with Crippen LogP contribution in [0, 0.1) is 6.92 Å². The summed E-state index contributed by atoms with van der Waals surface area (Å²) in [5.41, 5.74) is 3.38. The number of ether oxygens (including phenoxy) is 1. The van der Waals surface area contributed by atoms with Crippen LogP contribution in [0.5, 0.6) is 0 Å². The monoisotopic (exact) mass is 397 g/mol. The van der Waals surface area contributed by atoms with Crippen molar-refractivity contribution in [1.82, 2.24) is 4.98 Å². The van der Waals surface area contributed by atoms with Gasteiger partial charge in [0.05, 0.1) is 0 Å². The van der Waals surface area contributed by atoms with Crippen LogP contribution in [0.1, 0.15) is 26.6 Å². The minimum atomic E-state index is -0.687. The Morgan fingerprint density at radius 1 is 0.800 bits per heavy atom. The molecule has 5 nitrogen and oxygen atoms in total. The maximum absolute atomic E-state index is 12.4. The molecule has 0 radical (unpaired) electrons. The Kier molecular flexibility index (Phi) is 5.52. The van der Waals surface area contributed by atoms with E-state index in [0.29, 0.717) is 17.2 Å². The lowest BCUT2D eigenvalue weighted by Crippen LogP contribution is -2.15. The summed E-state index contributed by atoms with van der Waals surface area (Å²) in [6.45, 7) is 1.27. The molecule has 148 valence electrons. The largest absolute Gasteiger partial charge is 0.452 e. The van der Waals surface area contributed by atoms with Crippen LogP contribution in [0.3, 0.4) is 0 Å². The average molecular weight is 397 g/mol. The van der Waals surface area contributed by atoms with Gasteiger partial charge >= 0.3 is 5.97 Å². The molecule has 3 aromatic carbocycles. The van der Waals surface area contributed by atoms with Crippen LogP contribution >= 0.6 is 0 Å². The van der Waals surface area contributed by atoms with Crippen LogP contribution in [0.15, 0.2) is 89.3 Å². The van der Waals surface area contributed by atoms with Crippen LogP contribution in [-0.2, 0) is 4.74 Å². The Labute approximate surface area is 174 Å². The molecule has 1 aromatic heterocycles. The van der Waals surface area contributed by atoms with Gasteiger partial charge in [0.2, 0.25) is 5.89 Å². The van der Waals surface area contributed by atoms with E-state index in [1.807, 2.05) is 72.8 Å². The number of Topliss-reactive ketones (excluding diaryl/α,β-unsaturated/α-hetero) is 1. The molecule has 0 aliphatic carbocycles. The first-order valence-electron chi connectivity index (χ1n) is 9.50. The number of carbonyl (C=O) groups is 2. The van der Waals surface area contributed by atoms with Gasteiger partial charge in [0.15, 0.2) is 18.1 Å². The number of aryl methyl sites for hydroxylation is 1. The molecule has 30 heavy (non-hydrogen) atoms. The van der Waals surface area contributed by atoms with Crippen molar-refractivity contribution in [2.45, 2.75) is 6.92 Å². The highest BCUT2D eigenvalue weighted by Gasteiger charge is 2.20. The molecule has 4 aromatic rings. The van der Waals surface area contributed by atoms with Crippen LogP contribution < -0.4 is 0 Å². The average Bonchev–Trinajstić information content (AvgIpc) is 3.20. The van der Waals surface area contributed by atoms with Crippen molar-refractivity contribution in [3.8, 4) is 22.6 Å². The van der Waals surface area contributed by atoms with Gasteiger partial charge in [-0.2, -0.15) is 0 Å². The Morgan fingerprint density at radius 2 is 1.37 bits per heavy atom. The fraction of sp³-hybridized carbons (Fsp3) is 0.0800. The summed E-state index contributed by atoms with van der Waals surface area (Å²) in [7, 11) is 0. The fourth-order valence-corrected chi connectivity index (χ4v) is 3.05. The molecule has 0 N–H and O–H groups in total. The topological polar surface area (TPSA) is 69.4 Å². The van der Waals surface area contributed by atoms with Gasteiger partial charge in [-0.3, -0.25) is 4.79 Å². The third-order valence-electron chi connectivity index (χ3n) is 4.66. The number of hydrogen-bond acceptors (Lipinski definition) is 5. The number of aromatic nitrogens is 1. The zero-order valence-electron chi connectivity index (χ0n) is 16.4. The zero-order chi connectivity index (χ0) is 20.9. The van der Waals surface area contributed by atoms with E-state index in [1.165, 1.54) is 0 Å². The molecule has 0 fully saturated rings. The van der Waals surface area contributed by atoms with Crippen LogP contribution in [0.2, 0.25) is 0 Å². The van der Waals surface area contributed by atoms with Crippen molar-refractivity contribution in [3.63, 3.8) is 0 Å². The van der Waals surface area contributed by atoms with E-state index in [4.69, 9.17) is 9.15 Å². The molecule has 5 heteroatoms. The maximum atomic E-state index is 12.4. The first-order valence-corrected chi connectivity index (χ1v) is 9.50. The first-order chi connectivity index (χ1) is 14.6. The summed E-state index contributed by atoms with van der Waals surface area (Å²) in [5, 5.41) is 0. The van der Waals surface area contributed by atoms with E-state index < -0.39 is 5.97 Å². The van der Waals surface area contributed by atoms with E-state index in [0.717, 1.165) is 16.7 Å². The predicted octanol–water partition coefficient (Wildman–Crippen LogP) is 5.36. The Bertz CT molecular complexity index is 1160. The molecule has 0 amide bonds. The zero-order valence-corrected chi connectivity index (χ0v) is 16.4. The number of hydrogen-bond donors (Lipinski definition) is 0. The highest BCUT2D eigenvalue weighted by Crippen LogP contribution is 2.22. The summed E-state index contributed by atoms with van der Waals surface area (Å²) in [5.74, 6) is -0.290. The summed E-state index contributed by atoms with van der Waals surface area (Å²) in [4.78, 5) is 29.0. The summed E-state index contributed by atoms with van der Waals surface area (Å²) < 4.78 is 10.7. The van der Waals surface area contributed by atoms with E-state index in [1.54, 1.807) is 19.1 Å². The first kappa shape index (κ1) is 19.3. The van der Waals surface area contributed by atoms with Crippen molar-refractivity contribution >= 4 is 11.8 Å². The number of nitrogens with zero attached hydrogens (tertiary/aromatic N) is 1. The van der Waals surface area contributed by atoms with Gasteiger partial charge < -0.3 is 9.15 Å². The molecule has 0 atom stereocenters. The number of ketones is 1. The van der Waals surface area contributed by atoms with Gasteiger partial charge in [-0.15, -0.1) is 0 Å². The van der Waals surface area contributed by atoms with Crippen LogP contribution in [0.25, 0.3) is 22.6 Å². The molecule has 0 unspecified atom stereocenters. The highest BCUT2D eigenvalue weighted by atomic mass is 16.5. The lowest BCUT2D eigenvalue weighted by atomic mass is 10.0. The van der Waals surface area contributed by atoms with Gasteiger partial charge in [-0.25, -0.2) is 9.78 Å². The number of benzene rings is 3. The maximum Gasteiger partial charge on any atom is 0.361 e. The predicted molar refractivity (Wildman–Crippen MR) is 113 cm³/mol. The standard InChI is InChI=1S/C25H19NO4/c1-17-23(26-24(30-17)21-10-6-3-7-11-21)25(28)29-16-22(27)20-14-12-19(13-15-20)18-8-4-2-5-9-18/h2-15H,16H2,1H3. The van der Waals surface area contributed by atoms with E-state index in [-0.39, 0.29) is 18.1 Å². The molecule has 0 spiro atoms. The van der Waals surface area contributed by atoms with Crippen molar-refractivity contribution in [1.29, 1.82) is 0 Å². The number of esters is 1. The smallest absolute Gasteiger partial charge is 0.361 e. The normalized spacial score (nSPS) is 10.6. The molecule has 1 heterocycles. The van der Waals surface area contributed by atoms with Crippen molar-refractivity contribution < 1.29 is 18.7 Å².